The Morgan fingerprint density at radius 1 is 0.967 bits per heavy atom. The summed E-state index contributed by atoms with van der Waals surface area (Å²) in [6.07, 6.45) is 0. The SMILES string of the molecule is Cc1cccc(N2CCN(CC(=O)N(C)CC(=O)Nc3c(C)cccc3C)CC2)c1. The van der Waals surface area contributed by atoms with Crippen LogP contribution in [0.4, 0.5) is 11.4 Å². The minimum atomic E-state index is -0.174. The van der Waals surface area contributed by atoms with Gasteiger partial charge in [0.1, 0.15) is 0 Å². The molecule has 6 heteroatoms. The highest BCUT2D eigenvalue weighted by atomic mass is 16.2. The van der Waals surface area contributed by atoms with E-state index in [9.17, 15) is 9.59 Å². The first-order valence-electron chi connectivity index (χ1n) is 10.5. The lowest BCUT2D eigenvalue weighted by Crippen LogP contribution is -2.50. The third-order valence-electron chi connectivity index (χ3n) is 5.65. The van der Waals surface area contributed by atoms with E-state index in [1.165, 1.54) is 16.2 Å². The number of hydrogen-bond acceptors (Lipinski definition) is 4. The van der Waals surface area contributed by atoms with Crippen LogP contribution in [0.15, 0.2) is 42.5 Å². The number of carbonyl (C=O) groups is 2. The summed E-state index contributed by atoms with van der Waals surface area (Å²) in [4.78, 5) is 31.1. The predicted octanol–water partition coefficient (Wildman–Crippen LogP) is 2.83. The van der Waals surface area contributed by atoms with Gasteiger partial charge in [-0.1, -0.05) is 30.3 Å². The number of amides is 2. The quantitative estimate of drug-likeness (QED) is 0.799. The van der Waals surface area contributed by atoms with Crippen LogP contribution >= 0.6 is 0 Å². The molecule has 1 heterocycles. The summed E-state index contributed by atoms with van der Waals surface area (Å²) in [5.41, 5.74) is 5.36. The molecule has 0 aromatic heterocycles. The topological polar surface area (TPSA) is 55.9 Å². The standard InChI is InChI=1S/C24H32N4O2/c1-18-7-5-10-21(15-18)28-13-11-27(12-14-28)17-23(30)26(4)16-22(29)25-24-19(2)8-6-9-20(24)3/h5-10,15H,11-14,16-17H2,1-4H3,(H,25,29). The molecule has 0 atom stereocenters. The number of hydrogen-bond donors (Lipinski definition) is 1. The van der Waals surface area contributed by atoms with Crippen molar-refractivity contribution in [2.24, 2.45) is 0 Å². The highest BCUT2D eigenvalue weighted by Crippen LogP contribution is 2.19. The van der Waals surface area contributed by atoms with E-state index >= 15 is 0 Å². The van der Waals surface area contributed by atoms with Gasteiger partial charge in [0.2, 0.25) is 11.8 Å². The van der Waals surface area contributed by atoms with E-state index in [4.69, 9.17) is 0 Å². The van der Waals surface area contributed by atoms with E-state index < -0.39 is 0 Å². The van der Waals surface area contributed by atoms with Gasteiger partial charge in [0.25, 0.3) is 0 Å². The number of rotatable bonds is 6. The summed E-state index contributed by atoms with van der Waals surface area (Å²) in [5, 5.41) is 2.94. The Kier molecular flexibility index (Phi) is 7.11. The number of benzene rings is 2. The lowest BCUT2D eigenvalue weighted by Gasteiger charge is -2.36. The molecule has 6 nitrogen and oxygen atoms in total. The first-order chi connectivity index (χ1) is 14.3. The van der Waals surface area contributed by atoms with E-state index in [2.05, 4.69) is 46.3 Å². The number of carbonyl (C=O) groups excluding carboxylic acids is 2. The van der Waals surface area contributed by atoms with Crippen LogP contribution in [0.3, 0.4) is 0 Å². The maximum atomic E-state index is 12.6. The second-order valence-electron chi connectivity index (χ2n) is 8.17. The molecule has 1 N–H and O–H groups in total. The van der Waals surface area contributed by atoms with Crippen molar-refractivity contribution in [3.63, 3.8) is 0 Å². The molecular weight excluding hydrogens is 376 g/mol. The van der Waals surface area contributed by atoms with Crippen molar-refractivity contribution >= 4 is 23.2 Å². The fraction of sp³-hybridized carbons (Fsp3) is 0.417. The van der Waals surface area contributed by atoms with Gasteiger partial charge in [0, 0.05) is 44.6 Å². The molecule has 0 unspecified atom stereocenters. The zero-order chi connectivity index (χ0) is 21.7. The molecule has 1 aliphatic heterocycles. The van der Waals surface area contributed by atoms with Gasteiger partial charge >= 0.3 is 0 Å². The van der Waals surface area contributed by atoms with Gasteiger partial charge in [-0.3, -0.25) is 14.5 Å². The number of para-hydroxylation sites is 1. The minimum absolute atomic E-state index is 0.0318. The Morgan fingerprint density at radius 2 is 1.60 bits per heavy atom. The van der Waals surface area contributed by atoms with Crippen molar-refractivity contribution in [3.05, 3.63) is 59.2 Å². The minimum Gasteiger partial charge on any atom is -0.369 e. The number of anilines is 2. The molecule has 2 aromatic rings. The first kappa shape index (κ1) is 21.8. The number of piperazine rings is 1. The molecule has 0 saturated carbocycles. The molecule has 0 spiro atoms. The summed E-state index contributed by atoms with van der Waals surface area (Å²) in [6, 6.07) is 14.4. The third kappa shape index (κ3) is 5.60. The molecule has 0 radical (unpaired) electrons. The van der Waals surface area contributed by atoms with Gasteiger partial charge in [-0.05, 0) is 49.6 Å². The maximum Gasteiger partial charge on any atom is 0.243 e. The zero-order valence-corrected chi connectivity index (χ0v) is 18.4. The van der Waals surface area contributed by atoms with Crippen molar-refractivity contribution in [2.75, 3.05) is 56.5 Å². The summed E-state index contributed by atoms with van der Waals surface area (Å²) >= 11 is 0. The monoisotopic (exact) mass is 408 g/mol. The molecular formula is C24H32N4O2. The van der Waals surface area contributed by atoms with Crippen molar-refractivity contribution in [1.82, 2.24) is 9.80 Å². The Bertz CT molecular complexity index is 884. The van der Waals surface area contributed by atoms with E-state index in [1.807, 2.05) is 32.0 Å². The van der Waals surface area contributed by atoms with Crippen LogP contribution in [0.1, 0.15) is 16.7 Å². The number of aryl methyl sites for hydroxylation is 3. The average molecular weight is 409 g/mol. The van der Waals surface area contributed by atoms with Crippen LogP contribution in [0.25, 0.3) is 0 Å². The van der Waals surface area contributed by atoms with Crippen molar-refractivity contribution in [1.29, 1.82) is 0 Å². The van der Waals surface area contributed by atoms with Gasteiger partial charge in [0.05, 0.1) is 13.1 Å². The Morgan fingerprint density at radius 3 is 2.23 bits per heavy atom. The predicted molar refractivity (Wildman–Crippen MR) is 122 cm³/mol. The van der Waals surface area contributed by atoms with E-state index in [1.54, 1.807) is 7.05 Å². The molecule has 2 aromatic carbocycles. The van der Waals surface area contributed by atoms with E-state index in [-0.39, 0.29) is 18.4 Å². The molecule has 1 aliphatic rings. The van der Waals surface area contributed by atoms with Crippen LogP contribution < -0.4 is 10.2 Å². The lowest BCUT2D eigenvalue weighted by atomic mass is 10.1. The Hall–Kier alpha value is -2.86. The summed E-state index contributed by atoms with van der Waals surface area (Å²) in [7, 11) is 1.69. The van der Waals surface area contributed by atoms with Gasteiger partial charge in [-0.15, -0.1) is 0 Å². The lowest BCUT2D eigenvalue weighted by molar-refractivity contribution is -0.134. The van der Waals surface area contributed by atoms with Crippen molar-refractivity contribution in [3.8, 4) is 0 Å². The molecule has 2 amide bonds. The van der Waals surface area contributed by atoms with Gasteiger partial charge in [-0.2, -0.15) is 0 Å². The molecule has 1 fully saturated rings. The Labute approximate surface area is 179 Å². The molecule has 160 valence electrons. The summed E-state index contributed by atoms with van der Waals surface area (Å²) in [6.45, 7) is 9.89. The number of nitrogens with zero attached hydrogens (tertiary/aromatic N) is 3. The molecule has 0 aliphatic carbocycles. The normalized spacial score (nSPS) is 14.5. The molecule has 30 heavy (non-hydrogen) atoms. The summed E-state index contributed by atoms with van der Waals surface area (Å²) < 4.78 is 0. The van der Waals surface area contributed by atoms with Crippen LogP contribution in [0, 0.1) is 20.8 Å². The smallest absolute Gasteiger partial charge is 0.243 e. The highest BCUT2D eigenvalue weighted by Gasteiger charge is 2.22. The van der Waals surface area contributed by atoms with Crippen LogP contribution in [-0.4, -0.2) is 67.9 Å². The summed E-state index contributed by atoms with van der Waals surface area (Å²) in [5.74, 6) is -0.205. The van der Waals surface area contributed by atoms with Gasteiger partial charge in [0.15, 0.2) is 0 Å². The van der Waals surface area contributed by atoms with Crippen LogP contribution in [0.5, 0.6) is 0 Å². The molecule has 1 saturated heterocycles. The fourth-order valence-corrected chi connectivity index (χ4v) is 3.80. The van der Waals surface area contributed by atoms with Crippen LogP contribution in [-0.2, 0) is 9.59 Å². The van der Waals surface area contributed by atoms with Crippen molar-refractivity contribution in [2.45, 2.75) is 20.8 Å². The third-order valence-corrected chi connectivity index (χ3v) is 5.65. The van der Waals surface area contributed by atoms with E-state index in [0.29, 0.717) is 6.54 Å². The Balaban J connectivity index is 1.46. The van der Waals surface area contributed by atoms with E-state index in [0.717, 1.165) is 43.0 Å². The fourth-order valence-electron chi connectivity index (χ4n) is 3.80. The van der Waals surface area contributed by atoms with Gasteiger partial charge in [-0.25, -0.2) is 0 Å². The average Bonchev–Trinajstić information content (AvgIpc) is 2.71. The van der Waals surface area contributed by atoms with Crippen molar-refractivity contribution < 1.29 is 9.59 Å². The maximum absolute atomic E-state index is 12.6. The second-order valence-corrected chi connectivity index (χ2v) is 8.17. The zero-order valence-electron chi connectivity index (χ0n) is 18.4. The second kappa shape index (κ2) is 9.76. The number of nitrogens with one attached hydrogen (secondary N) is 1. The molecule has 3 rings (SSSR count). The first-order valence-corrected chi connectivity index (χ1v) is 10.5. The number of likely N-dealkylation sites (N-methyl/N-ethyl adjacent to an activating group) is 1. The van der Waals surface area contributed by atoms with Crippen LogP contribution in [0.2, 0.25) is 0 Å². The van der Waals surface area contributed by atoms with Gasteiger partial charge < -0.3 is 15.1 Å². The molecule has 0 bridgehead atoms. The largest absolute Gasteiger partial charge is 0.369 e. The highest BCUT2D eigenvalue weighted by molar-refractivity contribution is 5.95.